The lowest BCUT2D eigenvalue weighted by Gasteiger charge is -2.24. The monoisotopic (exact) mass is 325 g/mol. The fraction of sp³-hybridized carbons (Fsp3) is 0.400. The molecule has 0 saturated carbocycles. The number of rotatable bonds is 7. The third kappa shape index (κ3) is 5.68. The van der Waals surface area contributed by atoms with Crippen LogP contribution in [-0.2, 0) is 19.1 Å². The maximum atomic E-state index is 12.1. The van der Waals surface area contributed by atoms with Crippen LogP contribution < -0.4 is 10.1 Å². The number of ether oxygens (including phenoxy) is 2. The molecule has 8 nitrogen and oxygen atoms in total. The maximum Gasteiger partial charge on any atom is 0.331 e. The first-order valence-corrected chi connectivity index (χ1v) is 6.78. The van der Waals surface area contributed by atoms with E-state index >= 15 is 0 Å². The molecule has 0 aliphatic rings. The summed E-state index contributed by atoms with van der Waals surface area (Å²) in [4.78, 5) is 34.0. The SMILES string of the molecule is CC(=O)Nc1ccc(OC(=O)C(C)(CO)COC(=O)CO)cc1. The fourth-order valence-corrected chi connectivity index (χ4v) is 1.49. The van der Waals surface area contributed by atoms with Crippen molar-refractivity contribution < 1.29 is 34.1 Å². The summed E-state index contributed by atoms with van der Waals surface area (Å²) in [5.74, 6) is -1.72. The van der Waals surface area contributed by atoms with Gasteiger partial charge in [0.05, 0.1) is 6.61 Å². The van der Waals surface area contributed by atoms with Crippen molar-refractivity contribution in [2.45, 2.75) is 13.8 Å². The first-order chi connectivity index (χ1) is 10.8. The van der Waals surface area contributed by atoms with Gasteiger partial charge in [-0.05, 0) is 31.2 Å². The number of hydrogen-bond donors (Lipinski definition) is 3. The van der Waals surface area contributed by atoms with Crippen molar-refractivity contribution in [2.24, 2.45) is 5.41 Å². The van der Waals surface area contributed by atoms with E-state index in [9.17, 15) is 19.5 Å². The summed E-state index contributed by atoms with van der Waals surface area (Å²) < 4.78 is 9.80. The van der Waals surface area contributed by atoms with Crippen molar-refractivity contribution in [3.63, 3.8) is 0 Å². The quantitative estimate of drug-likeness (QED) is 0.479. The molecule has 3 N–H and O–H groups in total. The van der Waals surface area contributed by atoms with Crippen molar-refractivity contribution in [3.8, 4) is 5.75 Å². The normalized spacial score (nSPS) is 12.9. The molecule has 0 heterocycles. The predicted octanol–water partition coefficient (Wildman–Crippen LogP) is 0.0845. The summed E-state index contributed by atoms with van der Waals surface area (Å²) in [6, 6.07) is 6.04. The molecule has 0 radical (unpaired) electrons. The van der Waals surface area contributed by atoms with Crippen LogP contribution in [0.4, 0.5) is 5.69 Å². The second kappa shape index (κ2) is 8.25. The standard InChI is InChI=1S/C15H19NO7/c1-10(19)16-11-3-5-12(6-4-11)23-14(21)15(2,8-18)9-22-13(20)7-17/h3-6,17-18H,7-9H2,1-2H3,(H,16,19). The Labute approximate surface area is 133 Å². The van der Waals surface area contributed by atoms with Crippen LogP contribution in [0.15, 0.2) is 24.3 Å². The van der Waals surface area contributed by atoms with Gasteiger partial charge in [-0.1, -0.05) is 0 Å². The first-order valence-electron chi connectivity index (χ1n) is 6.78. The van der Waals surface area contributed by atoms with E-state index in [0.29, 0.717) is 5.69 Å². The summed E-state index contributed by atoms with van der Waals surface area (Å²) in [5, 5.41) is 20.5. The van der Waals surface area contributed by atoms with E-state index in [0.717, 1.165) is 0 Å². The Hall–Kier alpha value is -2.45. The van der Waals surface area contributed by atoms with Crippen molar-refractivity contribution in [3.05, 3.63) is 24.3 Å². The van der Waals surface area contributed by atoms with E-state index < -0.39 is 37.2 Å². The minimum absolute atomic E-state index is 0.206. The number of amides is 1. The molecule has 1 unspecified atom stereocenters. The topological polar surface area (TPSA) is 122 Å². The molecule has 0 aromatic heterocycles. The summed E-state index contributed by atoms with van der Waals surface area (Å²) in [7, 11) is 0. The van der Waals surface area contributed by atoms with Gasteiger partial charge in [0.1, 0.15) is 24.4 Å². The van der Waals surface area contributed by atoms with Crippen LogP contribution >= 0.6 is 0 Å². The Bertz CT molecular complexity index is 570. The van der Waals surface area contributed by atoms with Gasteiger partial charge in [-0.3, -0.25) is 9.59 Å². The number of aliphatic hydroxyl groups excluding tert-OH is 2. The number of esters is 2. The lowest BCUT2D eigenvalue weighted by atomic mass is 9.93. The molecule has 1 amide bonds. The molecule has 0 bridgehead atoms. The summed E-state index contributed by atoms with van der Waals surface area (Å²) in [5.41, 5.74) is -0.916. The highest BCUT2D eigenvalue weighted by Gasteiger charge is 2.36. The van der Waals surface area contributed by atoms with Crippen molar-refractivity contribution in [1.29, 1.82) is 0 Å². The number of nitrogens with one attached hydrogen (secondary N) is 1. The molecule has 0 saturated heterocycles. The van der Waals surface area contributed by atoms with Crippen LogP contribution in [0.1, 0.15) is 13.8 Å². The van der Waals surface area contributed by atoms with Gasteiger partial charge in [0.15, 0.2) is 0 Å². The Kier molecular flexibility index (Phi) is 6.67. The zero-order valence-corrected chi connectivity index (χ0v) is 12.9. The molecule has 23 heavy (non-hydrogen) atoms. The van der Waals surface area contributed by atoms with Crippen LogP contribution in [0.25, 0.3) is 0 Å². The predicted molar refractivity (Wildman–Crippen MR) is 79.6 cm³/mol. The molecule has 8 heteroatoms. The molecule has 0 fully saturated rings. The van der Waals surface area contributed by atoms with E-state index in [-0.39, 0.29) is 11.7 Å². The zero-order chi connectivity index (χ0) is 17.5. The molecule has 0 aliphatic carbocycles. The lowest BCUT2D eigenvalue weighted by molar-refractivity contribution is -0.160. The maximum absolute atomic E-state index is 12.1. The minimum Gasteiger partial charge on any atom is -0.463 e. The van der Waals surface area contributed by atoms with E-state index in [2.05, 4.69) is 10.1 Å². The second-order valence-corrected chi connectivity index (χ2v) is 5.13. The van der Waals surface area contributed by atoms with Crippen molar-refractivity contribution in [2.75, 3.05) is 25.1 Å². The third-order valence-electron chi connectivity index (χ3n) is 2.91. The Morgan fingerprint density at radius 2 is 1.78 bits per heavy atom. The van der Waals surface area contributed by atoms with Crippen molar-refractivity contribution >= 4 is 23.5 Å². The van der Waals surface area contributed by atoms with Crippen LogP contribution in [0, 0.1) is 5.41 Å². The summed E-state index contributed by atoms with van der Waals surface area (Å²) in [6.45, 7) is 0.890. The van der Waals surface area contributed by atoms with Crippen LogP contribution in [0.3, 0.4) is 0 Å². The molecular formula is C15H19NO7. The smallest absolute Gasteiger partial charge is 0.331 e. The minimum atomic E-state index is -1.46. The largest absolute Gasteiger partial charge is 0.463 e. The van der Waals surface area contributed by atoms with Gasteiger partial charge in [0, 0.05) is 12.6 Å². The van der Waals surface area contributed by atoms with E-state index in [1.54, 1.807) is 12.1 Å². The number of benzene rings is 1. The highest BCUT2D eigenvalue weighted by Crippen LogP contribution is 2.22. The highest BCUT2D eigenvalue weighted by molar-refractivity contribution is 5.88. The summed E-state index contributed by atoms with van der Waals surface area (Å²) >= 11 is 0. The van der Waals surface area contributed by atoms with Crippen LogP contribution in [0.5, 0.6) is 5.75 Å². The van der Waals surface area contributed by atoms with Crippen molar-refractivity contribution in [1.82, 2.24) is 0 Å². The molecule has 126 valence electrons. The highest BCUT2D eigenvalue weighted by atomic mass is 16.6. The molecule has 0 aliphatic heterocycles. The molecule has 1 aromatic rings. The number of anilines is 1. The number of carbonyl (C=O) groups excluding carboxylic acids is 3. The zero-order valence-electron chi connectivity index (χ0n) is 12.9. The number of carbonyl (C=O) groups is 3. The van der Waals surface area contributed by atoms with Gasteiger partial charge < -0.3 is 25.0 Å². The van der Waals surface area contributed by atoms with E-state index in [1.165, 1.54) is 26.0 Å². The van der Waals surface area contributed by atoms with E-state index in [1.807, 2.05) is 0 Å². The van der Waals surface area contributed by atoms with Gasteiger partial charge >= 0.3 is 11.9 Å². The van der Waals surface area contributed by atoms with Gasteiger partial charge in [-0.25, -0.2) is 4.79 Å². The Morgan fingerprint density at radius 3 is 2.26 bits per heavy atom. The average molecular weight is 325 g/mol. The van der Waals surface area contributed by atoms with Crippen LogP contribution in [-0.4, -0.2) is 47.9 Å². The van der Waals surface area contributed by atoms with Gasteiger partial charge in [-0.2, -0.15) is 0 Å². The van der Waals surface area contributed by atoms with E-state index in [4.69, 9.17) is 9.84 Å². The molecule has 0 spiro atoms. The fourth-order valence-electron chi connectivity index (χ4n) is 1.49. The van der Waals surface area contributed by atoms with Gasteiger partial charge in [0.25, 0.3) is 0 Å². The lowest BCUT2D eigenvalue weighted by Crippen LogP contribution is -2.40. The average Bonchev–Trinajstić information content (AvgIpc) is 2.53. The molecular weight excluding hydrogens is 306 g/mol. The number of hydrogen-bond acceptors (Lipinski definition) is 7. The van der Waals surface area contributed by atoms with Gasteiger partial charge in [0.2, 0.25) is 5.91 Å². The molecule has 1 rings (SSSR count). The molecule has 1 atom stereocenters. The number of aliphatic hydroxyl groups is 2. The third-order valence-corrected chi connectivity index (χ3v) is 2.91. The summed E-state index contributed by atoms with van der Waals surface area (Å²) in [6.07, 6.45) is 0. The second-order valence-electron chi connectivity index (χ2n) is 5.13. The van der Waals surface area contributed by atoms with Crippen LogP contribution in [0.2, 0.25) is 0 Å². The first kappa shape index (κ1) is 18.6. The Morgan fingerprint density at radius 1 is 1.17 bits per heavy atom. The molecule has 1 aromatic carbocycles. The van der Waals surface area contributed by atoms with Gasteiger partial charge in [-0.15, -0.1) is 0 Å². The Balaban J connectivity index is 2.71.